The molecule has 0 unspecified atom stereocenters. The minimum absolute atomic E-state index is 0.0340. The van der Waals surface area contributed by atoms with Crippen LogP contribution in [0.15, 0.2) is 36.5 Å². The van der Waals surface area contributed by atoms with Crippen molar-refractivity contribution in [2.45, 2.75) is 34.6 Å². The summed E-state index contributed by atoms with van der Waals surface area (Å²) >= 11 is 0. The Morgan fingerprint density at radius 2 is 1.92 bits per heavy atom. The first-order valence-corrected chi connectivity index (χ1v) is 8.00. The van der Waals surface area contributed by atoms with Crippen LogP contribution in [0, 0.1) is 19.3 Å². The number of hydrogen-bond acceptors (Lipinski definition) is 3. The monoisotopic (exact) mass is 322 g/mol. The lowest BCUT2D eigenvalue weighted by Gasteiger charge is -2.19. The molecule has 1 N–H and O–H groups in total. The summed E-state index contributed by atoms with van der Waals surface area (Å²) < 4.78 is 1.91. The van der Waals surface area contributed by atoms with E-state index >= 15 is 0 Å². The number of rotatable bonds is 2. The second-order valence-electron chi connectivity index (χ2n) is 7.07. The highest BCUT2D eigenvalue weighted by molar-refractivity contribution is 6.04. The normalized spacial score (nSPS) is 11.7. The van der Waals surface area contributed by atoms with E-state index in [-0.39, 0.29) is 5.91 Å². The number of aromatic nitrogens is 3. The van der Waals surface area contributed by atoms with E-state index in [0.717, 1.165) is 33.7 Å². The molecule has 0 aliphatic rings. The zero-order valence-corrected chi connectivity index (χ0v) is 14.7. The van der Waals surface area contributed by atoms with Gasteiger partial charge < -0.3 is 5.32 Å². The molecule has 0 spiro atoms. The van der Waals surface area contributed by atoms with Crippen molar-refractivity contribution in [2.75, 3.05) is 5.32 Å². The average molecular weight is 322 g/mol. The van der Waals surface area contributed by atoms with Gasteiger partial charge in [-0.1, -0.05) is 20.8 Å². The molecule has 0 radical (unpaired) electrons. The molecule has 5 heteroatoms. The first-order valence-electron chi connectivity index (χ1n) is 8.00. The van der Waals surface area contributed by atoms with Gasteiger partial charge in [-0.15, -0.1) is 0 Å². The highest BCUT2D eigenvalue weighted by atomic mass is 16.2. The van der Waals surface area contributed by atoms with E-state index in [1.807, 2.05) is 69.6 Å². The summed E-state index contributed by atoms with van der Waals surface area (Å²) in [6, 6.07) is 9.80. The maximum absolute atomic E-state index is 12.3. The minimum Gasteiger partial charge on any atom is -0.324 e. The number of amides is 1. The number of aryl methyl sites for hydroxylation is 2. The Morgan fingerprint density at radius 1 is 1.17 bits per heavy atom. The van der Waals surface area contributed by atoms with Crippen molar-refractivity contribution < 1.29 is 4.79 Å². The molecule has 1 aromatic carbocycles. The van der Waals surface area contributed by atoms with Crippen LogP contribution in [0.5, 0.6) is 0 Å². The van der Waals surface area contributed by atoms with Crippen molar-refractivity contribution in [3.8, 4) is 5.69 Å². The summed E-state index contributed by atoms with van der Waals surface area (Å²) in [7, 11) is 0. The first-order chi connectivity index (χ1) is 11.3. The fraction of sp³-hybridized carbons (Fsp3) is 0.316. The van der Waals surface area contributed by atoms with Gasteiger partial charge in [-0.2, -0.15) is 5.10 Å². The van der Waals surface area contributed by atoms with Crippen molar-refractivity contribution in [1.82, 2.24) is 14.8 Å². The number of benzene rings is 1. The van der Waals surface area contributed by atoms with E-state index in [1.54, 1.807) is 6.20 Å². The third kappa shape index (κ3) is 2.89. The van der Waals surface area contributed by atoms with Crippen molar-refractivity contribution >= 4 is 22.5 Å². The Bertz CT molecular complexity index is 919. The molecule has 3 rings (SSSR count). The maximum atomic E-state index is 12.3. The number of nitrogens with zero attached hydrogens (tertiary/aromatic N) is 3. The fourth-order valence-corrected chi connectivity index (χ4v) is 2.63. The lowest BCUT2D eigenvalue weighted by Crippen LogP contribution is -2.27. The molecule has 3 aromatic rings. The minimum atomic E-state index is -0.463. The Labute approximate surface area is 141 Å². The van der Waals surface area contributed by atoms with Crippen molar-refractivity contribution in [2.24, 2.45) is 5.41 Å². The largest absolute Gasteiger partial charge is 0.324 e. The van der Waals surface area contributed by atoms with Gasteiger partial charge in [0, 0.05) is 22.7 Å². The highest BCUT2D eigenvalue weighted by Gasteiger charge is 2.22. The van der Waals surface area contributed by atoms with Gasteiger partial charge >= 0.3 is 0 Å². The average Bonchev–Trinajstić information content (AvgIpc) is 2.85. The van der Waals surface area contributed by atoms with Crippen LogP contribution in [0.4, 0.5) is 5.69 Å². The molecule has 0 fully saturated rings. The van der Waals surface area contributed by atoms with Crippen molar-refractivity contribution in [1.29, 1.82) is 0 Å². The molecule has 0 saturated heterocycles. The zero-order chi connectivity index (χ0) is 17.5. The Morgan fingerprint density at radius 3 is 2.54 bits per heavy atom. The van der Waals surface area contributed by atoms with Gasteiger partial charge in [0.2, 0.25) is 5.91 Å². The summed E-state index contributed by atoms with van der Waals surface area (Å²) in [6.45, 7) is 9.67. The number of fused-ring (bicyclic) bond motifs is 1. The molecule has 5 nitrogen and oxygen atoms in total. The van der Waals surface area contributed by atoms with Crippen LogP contribution in [0.3, 0.4) is 0 Å². The smallest absolute Gasteiger partial charge is 0.229 e. The molecule has 0 aliphatic carbocycles. The van der Waals surface area contributed by atoms with E-state index in [0.29, 0.717) is 0 Å². The SMILES string of the molecule is Cc1cc(C)n(-c2ccc(NC(=O)C(C)(C)C)c3ncccc23)n1. The second kappa shape index (κ2) is 5.74. The van der Waals surface area contributed by atoms with E-state index < -0.39 is 5.41 Å². The fourth-order valence-electron chi connectivity index (χ4n) is 2.63. The molecule has 1 amide bonds. The molecule has 0 atom stereocenters. The topological polar surface area (TPSA) is 59.8 Å². The van der Waals surface area contributed by atoms with Gasteiger partial charge in [0.15, 0.2) is 0 Å². The molecule has 0 bridgehead atoms. The van der Waals surface area contributed by atoms with E-state index in [9.17, 15) is 4.79 Å². The zero-order valence-electron chi connectivity index (χ0n) is 14.7. The molecule has 2 heterocycles. The van der Waals surface area contributed by atoms with E-state index in [1.165, 1.54) is 0 Å². The van der Waals surface area contributed by atoms with Crippen LogP contribution in [0.1, 0.15) is 32.2 Å². The Hall–Kier alpha value is -2.69. The molecular formula is C19H22N4O. The third-order valence-corrected chi connectivity index (χ3v) is 3.91. The van der Waals surface area contributed by atoms with E-state index in [2.05, 4.69) is 15.4 Å². The predicted octanol–water partition coefficient (Wildman–Crippen LogP) is 4.02. The van der Waals surface area contributed by atoms with Gasteiger partial charge in [-0.3, -0.25) is 9.78 Å². The highest BCUT2D eigenvalue weighted by Crippen LogP contribution is 2.29. The lowest BCUT2D eigenvalue weighted by molar-refractivity contribution is -0.123. The molecular weight excluding hydrogens is 300 g/mol. The Balaban J connectivity index is 2.15. The first kappa shape index (κ1) is 16.2. The molecule has 2 aromatic heterocycles. The van der Waals surface area contributed by atoms with Gasteiger partial charge in [0.25, 0.3) is 0 Å². The van der Waals surface area contributed by atoms with Crippen LogP contribution < -0.4 is 5.32 Å². The summed E-state index contributed by atoms with van der Waals surface area (Å²) in [4.78, 5) is 16.8. The van der Waals surface area contributed by atoms with Crippen LogP contribution in [-0.4, -0.2) is 20.7 Å². The van der Waals surface area contributed by atoms with Crippen LogP contribution in [0.25, 0.3) is 16.6 Å². The number of carbonyl (C=O) groups is 1. The number of hydrogen-bond donors (Lipinski definition) is 1. The van der Waals surface area contributed by atoms with Crippen molar-refractivity contribution in [3.05, 3.63) is 47.9 Å². The van der Waals surface area contributed by atoms with Crippen LogP contribution >= 0.6 is 0 Å². The van der Waals surface area contributed by atoms with Gasteiger partial charge in [0.1, 0.15) is 0 Å². The lowest BCUT2D eigenvalue weighted by atomic mass is 9.95. The molecule has 124 valence electrons. The van der Waals surface area contributed by atoms with Gasteiger partial charge in [0.05, 0.1) is 22.6 Å². The number of anilines is 1. The van der Waals surface area contributed by atoms with Crippen LogP contribution in [0.2, 0.25) is 0 Å². The van der Waals surface area contributed by atoms with Crippen LogP contribution in [-0.2, 0) is 4.79 Å². The summed E-state index contributed by atoms with van der Waals surface area (Å²) in [5.74, 6) is -0.0340. The van der Waals surface area contributed by atoms with E-state index in [4.69, 9.17) is 0 Å². The number of pyridine rings is 1. The maximum Gasteiger partial charge on any atom is 0.229 e. The molecule has 0 saturated carbocycles. The third-order valence-electron chi connectivity index (χ3n) is 3.91. The number of nitrogens with one attached hydrogen (secondary N) is 1. The standard InChI is InChI=1S/C19H22N4O/c1-12-11-13(2)23(22-12)16-9-8-15(21-18(24)19(3,4)5)17-14(16)7-6-10-20-17/h6-11H,1-5H3,(H,21,24). The summed E-state index contributed by atoms with van der Waals surface area (Å²) in [6.07, 6.45) is 1.74. The quantitative estimate of drug-likeness (QED) is 0.775. The predicted molar refractivity (Wildman–Crippen MR) is 96.4 cm³/mol. The van der Waals surface area contributed by atoms with Crippen molar-refractivity contribution in [3.63, 3.8) is 0 Å². The van der Waals surface area contributed by atoms with Gasteiger partial charge in [-0.25, -0.2) is 4.68 Å². The molecule has 24 heavy (non-hydrogen) atoms. The summed E-state index contributed by atoms with van der Waals surface area (Å²) in [5.41, 5.74) is 4.00. The van der Waals surface area contributed by atoms with Gasteiger partial charge in [-0.05, 0) is 44.2 Å². The number of carbonyl (C=O) groups excluding carboxylic acids is 1. The Kier molecular flexibility index (Phi) is 3.87. The summed E-state index contributed by atoms with van der Waals surface area (Å²) in [5, 5.41) is 8.51. The second-order valence-corrected chi connectivity index (χ2v) is 7.07. The molecule has 0 aliphatic heterocycles.